The van der Waals surface area contributed by atoms with Crippen molar-refractivity contribution < 1.29 is 22.7 Å². The van der Waals surface area contributed by atoms with Crippen molar-refractivity contribution in [1.29, 1.82) is 0 Å². The van der Waals surface area contributed by atoms with Crippen LogP contribution >= 0.6 is 0 Å². The molecule has 2 N–H and O–H groups in total. The van der Waals surface area contributed by atoms with Crippen LogP contribution in [-0.4, -0.2) is 36.2 Å². The number of rotatable bonds is 3. The van der Waals surface area contributed by atoms with Crippen molar-refractivity contribution in [3.63, 3.8) is 0 Å². The number of carbonyl (C=O) groups excluding carboxylic acids is 1. The van der Waals surface area contributed by atoms with Crippen molar-refractivity contribution >= 4 is 11.6 Å². The van der Waals surface area contributed by atoms with Gasteiger partial charge in [0.05, 0.1) is 17.7 Å². The molecule has 0 atom stereocenters. The molecule has 4 nitrogen and oxygen atoms in total. The molecule has 1 amide bonds. The molecule has 1 heterocycles. The van der Waals surface area contributed by atoms with Crippen LogP contribution in [0.1, 0.15) is 37.0 Å². The zero-order chi connectivity index (χ0) is 17.2. The summed E-state index contributed by atoms with van der Waals surface area (Å²) < 4.78 is 43.5. The predicted molar refractivity (Wildman–Crippen MR) is 81.3 cm³/mol. The fourth-order valence-electron chi connectivity index (χ4n) is 2.64. The Hall–Kier alpha value is -1.92. The van der Waals surface area contributed by atoms with Crippen LogP contribution in [0, 0.1) is 5.92 Å². The summed E-state index contributed by atoms with van der Waals surface area (Å²) in [5.41, 5.74) is 6.58. The van der Waals surface area contributed by atoms with Gasteiger partial charge in [0.1, 0.15) is 5.75 Å². The van der Waals surface area contributed by atoms with Gasteiger partial charge in [-0.15, -0.1) is 0 Å². The average Bonchev–Trinajstić information content (AvgIpc) is 2.47. The third-order valence-electron chi connectivity index (χ3n) is 3.86. The van der Waals surface area contributed by atoms with Gasteiger partial charge >= 0.3 is 6.18 Å². The van der Waals surface area contributed by atoms with Crippen LogP contribution in [0.2, 0.25) is 0 Å². The second-order valence-electron chi connectivity index (χ2n) is 6.03. The van der Waals surface area contributed by atoms with Crippen molar-refractivity contribution in [2.24, 2.45) is 5.92 Å². The van der Waals surface area contributed by atoms with Crippen LogP contribution in [0.25, 0.3) is 0 Å². The van der Waals surface area contributed by atoms with E-state index in [0.717, 1.165) is 0 Å². The number of amides is 1. The number of nitrogens with two attached hydrogens (primary N) is 1. The van der Waals surface area contributed by atoms with E-state index >= 15 is 0 Å². The summed E-state index contributed by atoms with van der Waals surface area (Å²) in [5, 5.41) is 0. The van der Waals surface area contributed by atoms with E-state index in [2.05, 4.69) is 0 Å². The SMILES string of the molecule is CC(C)Oc1ccc(C(=O)N2CCC(C(F)(F)F)CC2)cc1N. The molecule has 0 bridgehead atoms. The Morgan fingerprint density at radius 1 is 1.30 bits per heavy atom. The first-order valence-electron chi connectivity index (χ1n) is 7.60. The van der Waals surface area contributed by atoms with Gasteiger partial charge in [0.15, 0.2) is 0 Å². The van der Waals surface area contributed by atoms with E-state index in [4.69, 9.17) is 10.5 Å². The smallest absolute Gasteiger partial charge is 0.391 e. The molecule has 0 unspecified atom stereocenters. The number of benzene rings is 1. The molecular weight excluding hydrogens is 309 g/mol. The number of alkyl halides is 3. The van der Waals surface area contributed by atoms with Gasteiger partial charge in [-0.05, 0) is 44.9 Å². The lowest BCUT2D eigenvalue weighted by molar-refractivity contribution is -0.183. The standard InChI is InChI=1S/C16H21F3N2O2/c1-10(2)23-14-4-3-11(9-13(14)20)15(22)21-7-5-12(6-8-21)16(17,18)19/h3-4,9-10,12H,5-8,20H2,1-2H3. The van der Waals surface area contributed by atoms with Gasteiger partial charge in [0.25, 0.3) is 5.91 Å². The predicted octanol–water partition coefficient (Wildman–Crippen LogP) is 3.47. The zero-order valence-corrected chi connectivity index (χ0v) is 13.2. The third kappa shape index (κ3) is 4.30. The highest BCUT2D eigenvalue weighted by molar-refractivity contribution is 5.95. The van der Waals surface area contributed by atoms with Crippen molar-refractivity contribution in [1.82, 2.24) is 4.90 Å². The van der Waals surface area contributed by atoms with E-state index in [1.807, 2.05) is 13.8 Å². The highest BCUT2D eigenvalue weighted by Gasteiger charge is 2.41. The molecule has 0 saturated carbocycles. The Bertz CT molecular complexity index is 565. The summed E-state index contributed by atoms with van der Waals surface area (Å²) >= 11 is 0. The van der Waals surface area contributed by atoms with Crippen LogP contribution in [0.3, 0.4) is 0 Å². The lowest BCUT2D eigenvalue weighted by Gasteiger charge is -2.33. The van der Waals surface area contributed by atoms with Gasteiger partial charge in [-0.1, -0.05) is 0 Å². The Labute approximate surface area is 133 Å². The molecule has 1 aliphatic heterocycles. The molecular formula is C16H21F3N2O2. The first-order valence-corrected chi connectivity index (χ1v) is 7.60. The van der Waals surface area contributed by atoms with Crippen LogP contribution in [-0.2, 0) is 0 Å². The molecule has 7 heteroatoms. The van der Waals surface area contributed by atoms with Gasteiger partial charge in [-0.2, -0.15) is 13.2 Å². The first-order chi connectivity index (χ1) is 10.7. The molecule has 23 heavy (non-hydrogen) atoms. The quantitative estimate of drug-likeness (QED) is 0.864. The minimum absolute atomic E-state index is 0.0414. The van der Waals surface area contributed by atoms with E-state index in [0.29, 0.717) is 17.0 Å². The summed E-state index contributed by atoms with van der Waals surface area (Å²) in [7, 11) is 0. The third-order valence-corrected chi connectivity index (χ3v) is 3.86. The van der Waals surface area contributed by atoms with Crippen LogP contribution < -0.4 is 10.5 Å². The van der Waals surface area contributed by atoms with E-state index in [1.165, 1.54) is 11.0 Å². The van der Waals surface area contributed by atoms with E-state index < -0.39 is 12.1 Å². The molecule has 1 aromatic rings. The highest BCUT2D eigenvalue weighted by atomic mass is 19.4. The van der Waals surface area contributed by atoms with Crippen LogP contribution in [0.15, 0.2) is 18.2 Å². The summed E-state index contributed by atoms with van der Waals surface area (Å²) in [4.78, 5) is 13.8. The van der Waals surface area contributed by atoms with Gasteiger partial charge in [-0.3, -0.25) is 4.79 Å². The number of nitrogens with zero attached hydrogens (tertiary/aromatic N) is 1. The molecule has 0 aliphatic carbocycles. The summed E-state index contributed by atoms with van der Waals surface area (Å²) in [5.74, 6) is -1.13. The number of ether oxygens (including phenoxy) is 1. The fraction of sp³-hybridized carbons (Fsp3) is 0.562. The molecule has 0 radical (unpaired) electrons. The molecule has 0 spiro atoms. The van der Waals surface area contributed by atoms with Crippen LogP contribution in [0.4, 0.5) is 18.9 Å². The lowest BCUT2D eigenvalue weighted by atomic mass is 9.96. The lowest BCUT2D eigenvalue weighted by Crippen LogP contribution is -2.42. The normalized spacial score (nSPS) is 16.7. The maximum Gasteiger partial charge on any atom is 0.391 e. The van der Waals surface area contributed by atoms with E-state index in [-0.39, 0.29) is 37.9 Å². The number of hydrogen-bond donors (Lipinski definition) is 1. The van der Waals surface area contributed by atoms with Gasteiger partial charge in [0.2, 0.25) is 0 Å². The molecule has 2 rings (SSSR count). The maximum absolute atomic E-state index is 12.7. The van der Waals surface area contributed by atoms with Crippen molar-refractivity contribution in [3.05, 3.63) is 23.8 Å². The number of nitrogen functional groups attached to an aromatic ring is 1. The minimum atomic E-state index is -4.19. The minimum Gasteiger partial charge on any atom is -0.489 e. The van der Waals surface area contributed by atoms with E-state index in [9.17, 15) is 18.0 Å². The summed E-state index contributed by atoms with van der Waals surface area (Å²) in [6.07, 6.45) is -4.34. The Balaban J connectivity index is 2.03. The van der Waals surface area contributed by atoms with Crippen molar-refractivity contribution in [2.45, 2.75) is 39.0 Å². The molecule has 1 saturated heterocycles. The zero-order valence-electron chi connectivity index (χ0n) is 13.2. The van der Waals surface area contributed by atoms with E-state index in [1.54, 1.807) is 12.1 Å². The topological polar surface area (TPSA) is 55.6 Å². The van der Waals surface area contributed by atoms with Crippen molar-refractivity contribution in [3.8, 4) is 5.75 Å². The fourth-order valence-corrected chi connectivity index (χ4v) is 2.64. The average molecular weight is 330 g/mol. The molecule has 1 aromatic carbocycles. The number of halogens is 3. The second kappa shape index (κ2) is 6.68. The maximum atomic E-state index is 12.7. The highest BCUT2D eigenvalue weighted by Crippen LogP contribution is 2.34. The molecule has 128 valence electrons. The van der Waals surface area contributed by atoms with Gasteiger partial charge in [-0.25, -0.2) is 0 Å². The monoisotopic (exact) mass is 330 g/mol. The molecule has 1 fully saturated rings. The number of anilines is 1. The summed E-state index contributed by atoms with van der Waals surface area (Å²) in [6, 6.07) is 4.72. The van der Waals surface area contributed by atoms with Gasteiger partial charge < -0.3 is 15.4 Å². The van der Waals surface area contributed by atoms with Crippen LogP contribution in [0.5, 0.6) is 5.75 Å². The second-order valence-corrected chi connectivity index (χ2v) is 6.03. The van der Waals surface area contributed by atoms with Gasteiger partial charge in [0, 0.05) is 18.7 Å². The number of likely N-dealkylation sites (tertiary alicyclic amines) is 1. The number of hydrogen-bond acceptors (Lipinski definition) is 3. The largest absolute Gasteiger partial charge is 0.489 e. The van der Waals surface area contributed by atoms with Crippen molar-refractivity contribution in [2.75, 3.05) is 18.8 Å². The Morgan fingerprint density at radius 3 is 2.39 bits per heavy atom. The Kier molecular flexibility index (Phi) is 5.06. The number of piperidine rings is 1. The molecule has 1 aliphatic rings. The molecule has 0 aromatic heterocycles. The summed E-state index contributed by atoms with van der Waals surface area (Å²) in [6.45, 7) is 3.94. The number of carbonyl (C=O) groups is 1. The Morgan fingerprint density at radius 2 is 1.91 bits per heavy atom. The first kappa shape index (κ1) is 17.4.